The number of para-hydroxylation sites is 3. The van der Waals surface area contributed by atoms with Gasteiger partial charge in [0.25, 0.3) is 0 Å². The Morgan fingerprint density at radius 3 is 1.80 bits per heavy atom. The van der Waals surface area contributed by atoms with Gasteiger partial charge in [0.2, 0.25) is 0 Å². The SMILES string of the molecule is O=C(Nc1ccccc1)N(Cn1nnc2ccccc21)Cn1nnc2ccccc21. The first-order chi connectivity index (χ1) is 14.8. The number of nitrogens with one attached hydrogen (secondary N) is 1. The molecule has 0 aliphatic carbocycles. The van der Waals surface area contributed by atoms with E-state index in [9.17, 15) is 4.79 Å². The predicted octanol–water partition coefficient (Wildman–Crippen LogP) is 3.33. The lowest BCUT2D eigenvalue weighted by atomic mass is 10.3. The number of aromatic nitrogens is 6. The summed E-state index contributed by atoms with van der Waals surface area (Å²) in [6, 6.07) is 24.3. The van der Waals surface area contributed by atoms with Gasteiger partial charge >= 0.3 is 6.03 Å². The molecule has 0 aliphatic rings. The van der Waals surface area contributed by atoms with Gasteiger partial charge in [-0.2, -0.15) is 0 Å². The van der Waals surface area contributed by atoms with E-state index in [1.807, 2.05) is 78.9 Å². The van der Waals surface area contributed by atoms with E-state index >= 15 is 0 Å². The number of urea groups is 1. The lowest BCUT2D eigenvalue weighted by Gasteiger charge is -2.23. The van der Waals surface area contributed by atoms with Gasteiger partial charge < -0.3 is 5.32 Å². The average Bonchev–Trinajstić information content (AvgIpc) is 3.38. The van der Waals surface area contributed by atoms with Gasteiger partial charge in [0, 0.05) is 5.69 Å². The van der Waals surface area contributed by atoms with Crippen LogP contribution in [0.3, 0.4) is 0 Å². The zero-order chi connectivity index (χ0) is 20.3. The maximum atomic E-state index is 13.1. The van der Waals surface area contributed by atoms with Crippen molar-refractivity contribution >= 4 is 33.8 Å². The summed E-state index contributed by atoms with van der Waals surface area (Å²) in [6.07, 6.45) is 0. The Hall–Kier alpha value is -4.27. The van der Waals surface area contributed by atoms with Crippen molar-refractivity contribution in [3.8, 4) is 0 Å². The van der Waals surface area contributed by atoms with E-state index < -0.39 is 0 Å². The summed E-state index contributed by atoms with van der Waals surface area (Å²) in [4.78, 5) is 14.7. The molecule has 0 unspecified atom stereocenters. The van der Waals surface area contributed by atoms with Gasteiger partial charge in [-0.05, 0) is 36.4 Å². The monoisotopic (exact) mass is 398 g/mol. The summed E-state index contributed by atoms with van der Waals surface area (Å²) in [7, 11) is 0. The molecule has 0 spiro atoms. The van der Waals surface area contributed by atoms with Crippen LogP contribution >= 0.6 is 0 Å². The Labute approximate surface area is 171 Å². The Balaban J connectivity index is 1.47. The van der Waals surface area contributed by atoms with Crippen molar-refractivity contribution in [2.75, 3.05) is 5.32 Å². The number of amides is 2. The van der Waals surface area contributed by atoms with E-state index in [-0.39, 0.29) is 19.4 Å². The van der Waals surface area contributed by atoms with Crippen molar-refractivity contribution in [2.45, 2.75) is 13.3 Å². The molecule has 5 rings (SSSR count). The van der Waals surface area contributed by atoms with Crippen LogP contribution in [-0.4, -0.2) is 40.9 Å². The van der Waals surface area contributed by atoms with Gasteiger partial charge in [-0.3, -0.25) is 4.90 Å². The van der Waals surface area contributed by atoms with Crippen molar-refractivity contribution in [3.05, 3.63) is 78.9 Å². The lowest BCUT2D eigenvalue weighted by molar-refractivity contribution is 0.168. The number of anilines is 1. The lowest BCUT2D eigenvalue weighted by Crippen LogP contribution is -2.38. The Kier molecular flexibility index (Phi) is 4.53. The number of hydrogen-bond acceptors (Lipinski definition) is 5. The molecule has 2 heterocycles. The molecular formula is C21H18N8O. The van der Waals surface area contributed by atoms with Crippen molar-refractivity contribution in [3.63, 3.8) is 0 Å². The van der Waals surface area contributed by atoms with Crippen LogP contribution in [0.5, 0.6) is 0 Å². The number of fused-ring (bicyclic) bond motifs is 2. The normalized spacial score (nSPS) is 11.1. The Morgan fingerprint density at radius 2 is 1.23 bits per heavy atom. The van der Waals surface area contributed by atoms with Gasteiger partial charge in [-0.15, -0.1) is 10.2 Å². The molecule has 2 aromatic heterocycles. The van der Waals surface area contributed by atoms with Gasteiger partial charge in [-0.1, -0.05) is 52.9 Å². The molecule has 0 saturated heterocycles. The first-order valence-electron chi connectivity index (χ1n) is 9.45. The molecule has 2 amide bonds. The van der Waals surface area contributed by atoms with Crippen LogP contribution in [0.1, 0.15) is 0 Å². The van der Waals surface area contributed by atoms with E-state index in [0.717, 1.165) is 22.1 Å². The first-order valence-corrected chi connectivity index (χ1v) is 9.45. The molecule has 30 heavy (non-hydrogen) atoms. The maximum Gasteiger partial charge on any atom is 0.324 e. The van der Waals surface area contributed by atoms with Gasteiger partial charge in [0.1, 0.15) is 24.4 Å². The Morgan fingerprint density at radius 1 is 0.733 bits per heavy atom. The molecule has 0 bridgehead atoms. The second-order valence-corrected chi connectivity index (χ2v) is 6.77. The minimum Gasteiger partial charge on any atom is -0.308 e. The van der Waals surface area contributed by atoms with Crippen molar-refractivity contribution in [1.29, 1.82) is 0 Å². The molecular weight excluding hydrogens is 380 g/mol. The smallest absolute Gasteiger partial charge is 0.308 e. The summed E-state index contributed by atoms with van der Waals surface area (Å²) in [5, 5.41) is 19.7. The molecule has 0 saturated carbocycles. The largest absolute Gasteiger partial charge is 0.324 e. The quantitative estimate of drug-likeness (QED) is 0.490. The molecule has 0 fully saturated rings. The van der Waals surface area contributed by atoms with E-state index in [4.69, 9.17) is 0 Å². The highest BCUT2D eigenvalue weighted by atomic mass is 16.2. The van der Waals surface area contributed by atoms with E-state index in [2.05, 4.69) is 25.9 Å². The molecule has 0 atom stereocenters. The van der Waals surface area contributed by atoms with Crippen molar-refractivity contribution in [1.82, 2.24) is 34.9 Å². The molecule has 9 nitrogen and oxygen atoms in total. The second kappa shape index (κ2) is 7.63. The number of rotatable bonds is 5. The summed E-state index contributed by atoms with van der Waals surface area (Å²) < 4.78 is 3.39. The van der Waals surface area contributed by atoms with Crippen molar-refractivity contribution < 1.29 is 4.79 Å². The summed E-state index contributed by atoms with van der Waals surface area (Å²) >= 11 is 0. The second-order valence-electron chi connectivity index (χ2n) is 6.77. The summed E-state index contributed by atoms with van der Waals surface area (Å²) in [5.74, 6) is 0. The summed E-state index contributed by atoms with van der Waals surface area (Å²) in [6.45, 7) is 0.404. The van der Waals surface area contributed by atoms with E-state index in [1.165, 1.54) is 0 Å². The molecule has 0 radical (unpaired) electrons. The molecule has 5 aromatic rings. The van der Waals surface area contributed by atoms with Crippen LogP contribution in [0.25, 0.3) is 22.1 Å². The van der Waals surface area contributed by atoms with Crippen LogP contribution in [0.15, 0.2) is 78.9 Å². The van der Waals surface area contributed by atoms with Gasteiger partial charge in [0.05, 0.1) is 11.0 Å². The van der Waals surface area contributed by atoms with E-state index in [1.54, 1.807) is 14.3 Å². The fourth-order valence-corrected chi connectivity index (χ4v) is 3.26. The fraction of sp³-hybridized carbons (Fsp3) is 0.0952. The number of nitrogens with zero attached hydrogens (tertiary/aromatic N) is 7. The third-order valence-electron chi connectivity index (χ3n) is 4.76. The number of benzene rings is 3. The fourth-order valence-electron chi connectivity index (χ4n) is 3.26. The van der Waals surface area contributed by atoms with Crippen LogP contribution in [-0.2, 0) is 13.3 Å². The Bertz CT molecular complexity index is 1230. The van der Waals surface area contributed by atoms with Crippen LogP contribution in [0, 0.1) is 0 Å². The topological polar surface area (TPSA) is 93.8 Å². The van der Waals surface area contributed by atoms with Crippen LogP contribution < -0.4 is 5.32 Å². The molecule has 9 heteroatoms. The third kappa shape index (κ3) is 3.44. The standard InChI is InChI=1S/C21H18N8O/c30-21(22-16-8-2-1-3-9-16)27(14-28-19-12-6-4-10-17(19)23-25-28)15-29-20-13-7-5-11-18(20)24-26-29/h1-13H,14-15H2,(H,22,30). The predicted molar refractivity (Wildman–Crippen MR) is 112 cm³/mol. The summed E-state index contributed by atoms with van der Waals surface area (Å²) in [5.41, 5.74) is 3.94. The minimum absolute atomic E-state index is 0.202. The van der Waals surface area contributed by atoms with E-state index in [0.29, 0.717) is 5.69 Å². The first kappa shape index (κ1) is 17.8. The highest BCUT2D eigenvalue weighted by Gasteiger charge is 2.18. The third-order valence-corrected chi connectivity index (χ3v) is 4.76. The van der Waals surface area contributed by atoms with Gasteiger partial charge in [0.15, 0.2) is 0 Å². The molecule has 148 valence electrons. The maximum absolute atomic E-state index is 13.1. The number of carbonyl (C=O) groups excluding carboxylic acids is 1. The molecule has 0 aliphatic heterocycles. The zero-order valence-electron chi connectivity index (χ0n) is 16.0. The highest BCUT2D eigenvalue weighted by molar-refractivity contribution is 5.89. The van der Waals surface area contributed by atoms with Crippen molar-refractivity contribution in [2.24, 2.45) is 0 Å². The zero-order valence-corrected chi connectivity index (χ0v) is 16.0. The van der Waals surface area contributed by atoms with Crippen LogP contribution in [0.2, 0.25) is 0 Å². The van der Waals surface area contributed by atoms with Gasteiger partial charge in [-0.25, -0.2) is 14.2 Å². The number of carbonyl (C=O) groups is 1. The van der Waals surface area contributed by atoms with Crippen LogP contribution in [0.4, 0.5) is 10.5 Å². The molecule has 3 aromatic carbocycles. The minimum atomic E-state index is -0.277. The number of hydrogen-bond donors (Lipinski definition) is 1. The highest BCUT2D eigenvalue weighted by Crippen LogP contribution is 2.15. The molecule has 1 N–H and O–H groups in total. The average molecular weight is 398 g/mol.